The minimum atomic E-state index is -0.211. The van der Waals surface area contributed by atoms with Crippen LogP contribution in [0.15, 0.2) is 36.5 Å². The van der Waals surface area contributed by atoms with Crippen LogP contribution in [0.3, 0.4) is 0 Å². The predicted octanol–water partition coefficient (Wildman–Crippen LogP) is 3.61. The number of nitrogens with one attached hydrogen (secondary N) is 2. The molecule has 1 aromatic heterocycles. The number of carbonyl (C=O) groups is 2. The summed E-state index contributed by atoms with van der Waals surface area (Å²) in [6, 6.07) is 9.01. The summed E-state index contributed by atoms with van der Waals surface area (Å²) in [5.74, 6) is -0.116. The molecule has 0 unspecified atom stereocenters. The van der Waals surface area contributed by atoms with Crippen LogP contribution in [-0.4, -0.2) is 34.8 Å². The van der Waals surface area contributed by atoms with E-state index in [1.54, 1.807) is 12.3 Å². The van der Waals surface area contributed by atoms with Crippen LogP contribution in [0.25, 0.3) is 0 Å². The number of aromatic nitrogens is 1. The smallest absolute Gasteiger partial charge is 0.268 e. The summed E-state index contributed by atoms with van der Waals surface area (Å²) in [5, 5.41) is 3.33. The van der Waals surface area contributed by atoms with Gasteiger partial charge in [0.25, 0.3) is 11.8 Å². The third-order valence-electron chi connectivity index (χ3n) is 4.44. The Morgan fingerprint density at radius 1 is 1.08 bits per heavy atom. The van der Waals surface area contributed by atoms with E-state index in [9.17, 15) is 9.59 Å². The molecule has 2 heterocycles. The van der Waals surface area contributed by atoms with Gasteiger partial charge in [-0.15, -0.1) is 0 Å². The second-order valence-corrected chi connectivity index (χ2v) is 6.75. The Kier molecular flexibility index (Phi) is 5.76. The maximum absolute atomic E-state index is 12.6. The Bertz CT molecular complexity index is 731. The molecule has 1 fully saturated rings. The number of likely N-dealkylation sites (tertiary alicyclic amines) is 1. The van der Waals surface area contributed by atoms with Crippen molar-refractivity contribution in [1.82, 2.24) is 15.2 Å². The van der Waals surface area contributed by atoms with Crippen LogP contribution in [0, 0.1) is 0 Å². The average molecular weight is 360 g/mol. The van der Waals surface area contributed by atoms with E-state index in [0.717, 1.165) is 31.5 Å². The molecule has 1 aliphatic heterocycles. The number of halogens is 1. The number of carbonyl (C=O) groups excluding carboxylic acids is 2. The Morgan fingerprint density at radius 2 is 1.76 bits per heavy atom. The topological polar surface area (TPSA) is 65.2 Å². The van der Waals surface area contributed by atoms with E-state index >= 15 is 0 Å². The number of hydrogen-bond acceptors (Lipinski definition) is 2. The molecule has 0 spiro atoms. The van der Waals surface area contributed by atoms with Crippen molar-refractivity contribution in [2.75, 3.05) is 13.1 Å². The molecule has 5 nitrogen and oxygen atoms in total. The first-order valence-electron chi connectivity index (χ1n) is 8.64. The summed E-state index contributed by atoms with van der Waals surface area (Å²) < 4.78 is 0. The molecule has 1 saturated heterocycles. The Labute approximate surface area is 152 Å². The second-order valence-electron chi connectivity index (χ2n) is 6.32. The van der Waals surface area contributed by atoms with Crippen molar-refractivity contribution in [3.05, 3.63) is 58.4 Å². The van der Waals surface area contributed by atoms with Crippen LogP contribution in [0.1, 0.15) is 52.1 Å². The molecule has 1 aliphatic rings. The maximum atomic E-state index is 12.6. The monoisotopic (exact) mass is 359 g/mol. The molecular weight excluding hydrogens is 338 g/mol. The number of nitrogens with zero attached hydrogens (tertiary/aromatic N) is 1. The van der Waals surface area contributed by atoms with E-state index in [0.29, 0.717) is 22.8 Å². The van der Waals surface area contributed by atoms with Crippen molar-refractivity contribution >= 4 is 23.4 Å². The quantitative estimate of drug-likeness (QED) is 0.875. The molecule has 2 amide bonds. The highest BCUT2D eigenvalue weighted by Gasteiger charge is 2.17. The standard InChI is InChI=1S/C19H22ClN3O2/c20-16-11-17(21-13-16)18(24)22-12-14-5-7-15(8-6-14)19(25)23-9-3-1-2-4-10-23/h5-8,11,13,21H,1-4,9-10,12H2,(H,22,24). The molecule has 25 heavy (non-hydrogen) atoms. The van der Waals surface area contributed by atoms with E-state index in [1.165, 1.54) is 12.8 Å². The van der Waals surface area contributed by atoms with E-state index < -0.39 is 0 Å². The van der Waals surface area contributed by atoms with Gasteiger partial charge in [0.2, 0.25) is 0 Å². The van der Waals surface area contributed by atoms with Gasteiger partial charge < -0.3 is 15.2 Å². The third kappa shape index (κ3) is 4.63. The van der Waals surface area contributed by atoms with Gasteiger partial charge in [-0.05, 0) is 36.6 Å². The fourth-order valence-electron chi connectivity index (χ4n) is 3.00. The molecule has 0 radical (unpaired) electrons. The van der Waals surface area contributed by atoms with Gasteiger partial charge in [0.1, 0.15) is 5.69 Å². The lowest BCUT2D eigenvalue weighted by atomic mass is 10.1. The zero-order valence-electron chi connectivity index (χ0n) is 14.1. The molecule has 2 aromatic rings. The van der Waals surface area contributed by atoms with Gasteiger partial charge in [0, 0.05) is 31.4 Å². The van der Waals surface area contributed by atoms with Crippen LogP contribution in [0.5, 0.6) is 0 Å². The molecule has 3 rings (SSSR count). The van der Waals surface area contributed by atoms with Crippen LogP contribution in [0.4, 0.5) is 0 Å². The summed E-state index contributed by atoms with van der Waals surface area (Å²) >= 11 is 5.80. The highest BCUT2D eigenvalue weighted by atomic mass is 35.5. The first-order chi connectivity index (χ1) is 12.1. The highest BCUT2D eigenvalue weighted by Crippen LogP contribution is 2.14. The minimum Gasteiger partial charge on any atom is -0.356 e. The molecule has 0 saturated carbocycles. The van der Waals surface area contributed by atoms with E-state index in [1.807, 2.05) is 29.2 Å². The Morgan fingerprint density at radius 3 is 2.36 bits per heavy atom. The van der Waals surface area contributed by atoms with E-state index in [2.05, 4.69) is 10.3 Å². The number of amides is 2. The molecular formula is C19H22ClN3O2. The van der Waals surface area contributed by atoms with Crippen molar-refractivity contribution < 1.29 is 9.59 Å². The SMILES string of the molecule is O=C(NCc1ccc(C(=O)N2CCCCCC2)cc1)c1cc(Cl)c[nH]1. The van der Waals surface area contributed by atoms with E-state index in [4.69, 9.17) is 11.6 Å². The molecule has 1 aromatic carbocycles. The molecule has 6 heteroatoms. The normalized spacial score (nSPS) is 14.8. The lowest BCUT2D eigenvalue weighted by molar-refractivity contribution is 0.0761. The van der Waals surface area contributed by atoms with Crippen molar-refractivity contribution in [3.8, 4) is 0 Å². The lowest BCUT2D eigenvalue weighted by Crippen LogP contribution is -2.31. The van der Waals surface area contributed by atoms with Gasteiger partial charge in [-0.3, -0.25) is 9.59 Å². The van der Waals surface area contributed by atoms with Gasteiger partial charge in [0.15, 0.2) is 0 Å². The average Bonchev–Trinajstić information content (AvgIpc) is 2.90. The lowest BCUT2D eigenvalue weighted by Gasteiger charge is -2.20. The van der Waals surface area contributed by atoms with Crippen molar-refractivity contribution in [2.45, 2.75) is 32.2 Å². The molecule has 0 atom stereocenters. The molecule has 0 bridgehead atoms. The molecule has 132 valence electrons. The number of benzene rings is 1. The summed E-state index contributed by atoms with van der Waals surface area (Å²) in [4.78, 5) is 29.3. The third-order valence-corrected chi connectivity index (χ3v) is 4.66. The van der Waals surface area contributed by atoms with Crippen LogP contribution >= 0.6 is 11.6 Å². The van der Waals surface area contributed by atoms with Gasteiger partial charge in [0.05, 0.1) is 5.02 Å². The largest absolute Gasteiger partial charge is 0.356 e. The number of hydrogen-bond donors (Lipinski definition) is 2. The van der Waals surface area contributed by atoms with Gasteiger partial charge in [-0.1, -0.05) is 36.6 Å². The van der Waals surface area contributed by atoms with Crippen LogP contribution in [-0.2, 0) is 6.54 Å². The van der Waals surface area contributed by atoms with Gasteiger partial charge in [-0.2, -0.15) is 0 Å². The molecule has 2 N–H and O–H groups in total. The Hall–Kier alpha value is -2.27. The first-order valence-corrected chi connectivity index (χ1v) is 9.01. The second kappa shape index (κ2) is 8.21. The Balaban J connectivity index is 1.56. The highest BCUT2D eigenvalue weighted by molar-refractivity contribution is 6.30. The number of H-pyrrole nitrogens is 1. The summed E-state index contributed by atoms with van der Waals surface area (Å²) in [5.41, 5.74) is 2.07. The first kappa shape index (κ1) is 17.5. The fraction of sp³-hybridized carbons (Fsp3) is 0.368. The van der Waals surface area contributed by atoms with Crippen molar-refractivity contribution in [1.29, 1.82) is 0 Å². The van der Waals surface area contributed by atoms with Gasteiger partial charge >= 0.3 is 0 Å². The van der Waals surface area contributed by atoms with Crippen molar-refractivity contribution in [2.24, 2.45) is 0 Å². The van der Waals surface area contributed by atoms with Crippen LogP contribution < -0.4 is 5.32 Å². The molecule has 0 aliphatic carbocycles. The summed E-state index contributed by atoms with van der Waals surface area (Å²) in [6.07, 6.45) is 6.14. The number of aromatic amines is 1. The van der Waals surface area contributed by atoms with Gasteiger partial charge in [-0.25, -0.2) is 0 Å². The van der Waals surface area contributed by atoms with Crippen molar-refractivity contribution in [3.63, 3.8) is 0 Å². The van der Waals surface area contributed by atoms with E-state index in [-0.39, 0.29) is 11.8 Å². The zero-order valence-corrected chi connectivity index (χ0v) is 14.8. The minimum absolute atomic E-state index is 0.0958. The fourth-order valence-corrected chi connectivity index (χ4v) is 3.16. The number of rotatable bonds is 4. The zero-order chi connectivity index (χ0) is 17.6. The predicted molar refractivity (Wildman–Crippen MR) is 97.8 cm³/mol. The van der Waals surface area contributed by atoms with Crippen LogP contribution in [0.2, 0.25) is 5.02 Å². The summed E-state index contributed by atoms with van der Waals surface area (Å²) in [7, 11) is 0. The summed E-state index contributed by atoms with van der Waals surface area (Å²) in [6.45, 7) is 2.08. The maximum Gasteiger partial charge on any atom is 0.268 e.